The van der Waals surface area contributed by atoms with Crippen LogP contribution in [0.1, 0.15) is 18.5 Å². The lowest BCUT2D eigenvalue weighted by Crippen LogP contribution is -2.25. The van der Waals surface area contributed by atoms with Crippen molar-refractivity contribution in [1.82, 2.24) is 4.72 Å². The van der Waals surface area contributed by atoms with E-state index < -0.39 is 47.8 Å². The molecule has 12 heteroatoms. The second kappa shape index (κ2) is 7.68. The van der Waals surface area contributed by atoms with Gasteiger partial charge < -0.3 is 5.32 Å². The molecular weight excluding hydrogens is 424 g/mol. The zero-order valence-corrected chi connectivity index (χ0v) is 16.2. The van der Waals surface area contributed by atoms with Crippen molar-refractivity contribution in [3.8, 4) is 0 Å². The molecule has 2 N–H and O–H groups in total. The van der Waals surface area contributed by atoms with Gasteiger partial charge in [0.2, 0.25) is 10.0 Å². The first-order valence-corrected chi connectivity index (χ1v) is 10.7. The predicted octanol–water partition coefficient (Wildman–Crippen LogP) is 3.20. The van der Waals surface area contributed by atoms with Gasteiger partial charge in [-0.1, -0.05) is 12.1 Å². The number of alkyl halides is 3. The molecule has 0 aliphatic carbocycles. The van der Waals surface area contributed by atoms with Crippen molar-refractivity contribution in [3.05, 3.63) is 53.8 Å². The van der Waals surface area contributed by atoms with E-state index in [0.29, 0.717) is 5.56 Å². The van der Waals surface area contributed by atoms with Gasteiger partial charge in [-0.2, -0.15) is 13.2 Å². The molecule has 0 radical (unpaired) electrons. The molecule has 1 unspecified atom stereocenters. The van der Waals surface area contributed by atoms with Crippen molar-refractivity contribution in [3.63, 3.8) is 0 Å². The Kier molecular flexibility index (Phi) is 6.07. The van der Waals surface area contributed by atoms with E-state index in [-0.39, 0.29) is 11.0 Å². The molecule has 6 nitrogen and oxygen atoms in total. The summed E-state index contributed by atoms with van der Waals surface area (Å²) in [7, 11) is -8.34. The molecule has 1 atom stereocenters. The van der Waals surface area contributed by atoms with Gasteiger partial charge in [-0.25, -0.2) is 25.9 Å². The fourth-order valence-electron chi connectivity index (χ4n) is 2.35. The highest BCUT2D eigenvalue weighted by Gasteiger charge is 2.48. The third-order valence-electron chi connectivity index (χ3n) is 3.85. The fourth-order valence-corrected chi connectivity index (χ4v) is 4.07. The minimum atomic E-state index is -5.80. The Balaban J connectivity index is 2.46. The second-order valence-corrected chi connectivity index (χ2v) is 9.53. The quantitative estimate of drug-likeness (QED) is 0.673. The third kappa shape index (κ3) is 4.45. The lowest BCUT2D eigenvalue weighted by Gasteiger charge is -2.20. The van der Waals surface area contributed by atoms with Crippen LogP contribution in [0.25, 0.3) is 0 Å². The molecule has 0 aliphatic heterocycles. The van der Waals surface area contributed by atoms with Gasteiger partial charge in [0.05, 0.1) is 10.6 Å². The summed E-state index contributed by atoms with van der Waals surface area (Å²) in [5.41, 5.74) is -5.72. The molecule has 2 aromatic carbocycles. The standard InChI is InChI=1S/C16H16F4N2O4S2/c1-10(11-4-3-5-13(8-11)28(25,26)21-2)22-14-7-6-12(17)9-15(14)27(23,24)16(18,19)20/h3-10,21-22H,1-2H3. The van der Waals surface area contributed by atoms with Crippen molar-refractivity contribution in [2.75, 3.05) is 12.4 Å². The molecular formula is C16H16F4N2O4S2. The van der Waals surface area contributed by atoms with E-state index in [4.69, 9.17) is 0 Å². The Labute approximate surface area is 159 Å². The second-order valence-electron chi connectivity index (χ2n) is 5.74. The number of hydrogen-bond donors (Lipinski definition) is 2. The number of sulfonamides is 1. The summed E-state index contributed by atoms with van der Waals surface area (Å²) in [6.07, 6.45) is 0. The molecule has 0 amide bonds. The number of sulfone groups is 1. The molecule has 0 heterocycles. The number of hydrogen-bond acceptors (Lipinski definition) is 5. The summed E-state index contributed by atoms with van der Waals surface area (Å²) in [4.78, 5) is -1.34. The molecule has 0 aromatic heterocycles. The molecule has 28 heavy (non-hydrogen) atoms. The third-order valence-corrected chi connectivity index (χ3v) is 6.79. The van der Waals surface area contributed by atoms with Crippen molar-refractivity contribution < 1.29 is 34.4 Å². The van der Waals surface area contributed by atoms with Crippen molar-refractivity contribution in [2.24, 2.45) is 0 Å². The van der Waals surface area contributed by atoms with Crippen LogP contribution in [0.3, 0.4) is 0 Å². The maximum Gasteiger partial charge on any atom is 0.501 e. The molecule has 0 fully saturated rings. The summed E-state index contributed by atoms with van der Waals surface area (Å²) in [5.74, 6) is -1.15. The zero-order valence-electron chi connectivity index (χ0n) is 14.6. The Morgan fingerprint density at radius 1 is 1.00 bits per heavy atom. The number of rotatable bonds is 6. The first-order chi connectivity index (χ1) is 12.8. The average molecular weight is 440 g/mol. The van der Waals surface area contributed by atoms with Crippen LogP contribution in [0.5, 0.6) is 0 Å². The first kappa shape index (κ1) is 22.1. The van der Waals surface area contributed by atoms with E-state index in [9.17, 15) is 34.4 Å². The summed E-state index contributed by atoms with van der Waals surface area (Å²) in [5, 5.41) is 2.57. The number of benzene rings is 2. The normalized spacial score (nSPS) is 13.9. The Morgan fingerprint density at radius 2 is 1.64 bits per heavy atom. The molecule has 2 rings (SSSR count). The maximum absolute atomic E-state index is 13.4. The summed E-state index contributed by atoms with van der Waals surface area (Å²) in [6, 6.07) is 6.71. The molecule has 0 saturated carbocycles. The van der Waals surface area contributed by atoms with Gasteiger partial charge in [-0.05, 0) is 49.9 Å². The summed E-state index contributed by atoms with van der Waals surface area (Å²) in [6.45, 7) is 1.48. The maximum atomic E-state index is 13.4. The van der Waals surface area contributed by atoms with E-state index in [1.54, 1.807) is 0 Å². The van der Waals surface area contributed by atoms with Gasteiger partial charge in [0.1, 0.15) is 10.7 Å². The monoisotopic (exact) mass is 440 g/mol. The zero-order chi connectivity index (χ0) is 21.3. The molecule has 154 valence electrons. The van der Waals surface area contributed by atoms with Gasteiger partial charge in [0.15, 0.2) is 0 Å². The Hall–Kier alpha value is -2.18. The SMILES string of the molecule is CNS(=O)(=O)c1cccc(C(C)Nc2ccc(F)cc2S(=O)(=O)C(F)(F)F)c1. The van der Waals surface area contributed by atoms with E-state index in [2.05, 4.69) is 10.0 Å². The predicted molar refractivity (Wildman–Crippen MR) is 94.4 cm³/mol. The van der Waals surface area contributed by atoms with E-state index >= 15 is 0 Å². The Bertz CT molecular complexity index is 1080. The average Bonchev–Trinajstić information content (AvgIpc) is 2.62. The summed E-state index contributed by atoms with van der Waals surface area (Å²) >= 11 is 0. The largest absolute Gasteiger partial charge is 0.501 e. The van der Waals surface area contributed by atoms with Crippen LogP contribution in [0, 0.1) is 5.82 Å². The van der Waals surface area contributed by atoms with Crippen LogP contribution in [-0.2, 0) is 19.9 Å². The number of halogens is 4. The van der Waals surface area contributed by atoms with Gasteiger partial charge in [-0.15, -0.1) is 0 Å². The number of nitrogens with one attached hydrogen (secondary N) is 2. The Morgan fingerprint density at radius 3 is 2.21 bits per heavy atom. The topological polar surface area (TPSA) is 92.3 Å². The highest BCUT2D eigenvalue weighted by atomic mass is 32.2. The molecule has 2 aromatic rings. The highest BCUT2D eigenvalue weighted by Crippen LogP contribution is 2.36. The van der Waals surface area contributed by atoms with Gasteiger partial charge in [0.25, 0.3) is 9.84 Å². The lowest BCUT2D eigenvalue weighted by atomic mass is 10.1. The van der Waals surface area contributed by atoms with Gasteiger partial charge in [-0.3, -0.25) is 0 Å². The highest BCUT2D eigenvalue weighted by molar-refractivity contribution is 7.92. The summed E-state index contributed by atoms with van der Waals surface area (Å²) < 4.78 is 102. The van der Waals surface area contributed by atoms with Crippen molar-refractivity contribution >= 4 is 25.5 Å². The first-order valence-electron chi connectivity index (χ1n) is 7.70. The van der Waals surface area contributed by atoms with E-state index in [1.165, 1.54) is 38.2 Å². The van der Waals surface area contributed by atoms with Crippen molar-refractivity contribution in [1.29, 1.82) is 0 Å². The fraction of sp³-hybridized carbons (Fsp3) is 0.250. The van der Waals surface area contributed by atoms with Crippen LogP contribution < -0.4 is 10.0 Å². The number of anilines is 1. The smallest absolute Gasteiger partial charge is 0.377 e. The molecule has 0 bridgehead atoms. The van der Waals surface area contributed by atoms with Crippen LogP contribution >= 0.6 is 0 Å². The van der Waals surface area contributed by atoms with Gasteiger partial charge in [0, 0.05) is 6.04 Å². The molecule has 0 spiro atoms. The van der Waals surface area contributed by atoms with E-state index in [1.807, 2.05) is 0 Å². The van der Waals surface area contributed by atoms with Crippen molar-refractivity contribution in [2.45, 2.75) is 28.3 Å². The van der Waals surface area contributed by atoms with Crippen LogP contribution in [0.2, 0.25) is 0 Å². The van der Waals surface area contributed by atoms with Crippen LogP contribution in [-0.4, -0.2) is 29.4 Å². The molecule has 0 aliphatic rings. The lowest BCUT2D eigenvalue weighted by molar-refractivity contribution is -0.0435. The van der Waals surface area contributed by atoms with Crippen LogP contribution in [0.4, 0.5) is 23.2 Å². The molecule has 0 saturated heterocycles. The van der Waals surface area contributed by atoms with Gasteiger partial charge >= 0.3 is 5.51 Å². The minimum Gasteiger partial charge on any atom is -0.377 e. The van der Waals surface area contributed by atoms with Crippen LogP contribution in [0.15, 0.2) is 52.3 Å². The van der Waals surface area contributed by atoms with E-state index in [0.717, 1.165) is 12.1 Å². The minimum absolute atomic E-state index is 0.0802.